The minimum absolute atomic E-state index is 0.189. The molecule has 1 unspecified atom stereocenters. The smallest absolute Gasteiger partial charge is 0.323 e. The second kappa shape index (κ2) is 7.92. The Labute approximate surface area is 115 Å². The molecule has 0 heterocycles. The molecule has 1 rings (SSSR count). The predicted octanol–water partition coefficient (Wildman–Crippen LogP) is 2.12. The number of hydrogen-bond donors (Lipinski definition) is 1. The van der Waals surface area contributed by atoms with Crippen molar-refractivity contribution < 1.29 is 14.3 Å². The van der Waals surface area contributed by atoms with E-state index in [4.69, 9.17) is 9.47 Å². The molecule has 0 aliphatic rings. The number of hydrogen-bond acceptors (Lipinski definition) is 4. The molecule has 0 saturated heterocycles. The van der Waals surface area contributed by atoms with Gasteiger partial charge in [0, 0.05) is 13.7 Å². The van der Waals surface area contributed by atoms with Gasteiger partial charge in [-0.05, 0) is 17.0 Å². The van der Waals surface area contributed by atoms with Gasteiger partial charge in [-0.25, -0.2) is 0 Å². The van der Waals surface area contributed by atoms with Crippen LogP contribution < -0.4 is 5.32 Å². The van der Waals surface area contributed by atoms with Gasteiger partial charge < -0.3 is 14.8 Å². The zero-order valence-corrected chi connectivity index (χ0v) is 12.1. The van der Waals surface area contributed by atoms with Crippen molar-refractivity contribution in [2.45, 2.75) is 33.0 Å². The van der Waals surface area contributed by atoms with E-state index < -0.39 is 0 Å². The molecule has 0 aliphatic heterocycles. The Hall–Kier alpha value is -1.39. The Morgan fingerprint density at radius 1 is 1.26 bits per heavy atom. The number of methoxy groups -OCH3 is 2. The van der Waals surface area contributed by atoms with E-state index in [9.17, 15) is 4.79 Å². The highest BCUT2D eigenvalue weighted by Crippen LogP contribution is 2.09. The van der Waals surface area contributed by atoms with Gasteiger partial charge in [0.25, 0.3) is 0 Å². The lowest BCUT2D eigenvalue weighted by Gasteiger charge is -2.20. The van der Waals surface area contributed by atoms with Gasteiger partial charge in [0.05, 0.1) is 13.7 Å². The average Bonchev–Trinajstić information content (AvgIpc) is 2.39. The van der Waals surface area contributed by atoms with Crippen LogP contribution in [0.1, 0.15) is 25.0 Å². The maximum Gasteiger partial charge on any atom is 0.323 e. The molecule has 1 atom stereocenters. The molecule has 0 amide bonds. The third kappa shape index (κ3) is 5.01. The van der Waals surface area contributed by atoms with Gasteiger partial charge in [0.1, 0.15) is 6.04 Å². The van der Waals surface area contributed by atoms with Crippen LogP contribution in [0.3, 0.4) is 0 Å². The summed E-state index contributed by atoms with van der Waals surface area (Å²) in [6, 6.07) is 7.84. The van der Waals surface area contributed by atoms with Crippen LogP contribution >= 0.6 is 0 Å². The molecule has 0 aliphatic carbocycles. The Morgan fingerprint density at radius 2 is 1.95 bits per heavy atom. The van der Waals surface area contributed by atoms with Crippen molar-refractivity contribution in [2.75, 3.05) is 14.2 Å². The normalized spacial score (nSPS) is 12.5. The molecule has 0 bridgehead atoms. The number of esters is 1. The fourth-order valence-electron chi connectivity index (χ4n) is 1.94. The van der Waals surface area contributed by atoms with Gasteiger partial charge in [0.15, 0.2) is 0 Å². The predicted molar refractivity (Wildman–Crippen MR) is 74.6 cm³/mol. The summed E-state index contributed by atoms with van der Waals surface area (Å²) in [4.78, 5) is 11.6. The van der Waals surface area contributed by atoms with E-state index in [2.05, 4.69) is 11.4 Å². The Kier molecular flexibility index (Phi) is 6.53. The SMILES string of the molecule is COCc1cccc(CNC(C(=O)OC)C(C)C)c1. The van der Waals surface area contributed by atoms with Crippen LogP contribution in [-0.2, 0) is 27.4 Å². The first-order valence-corrected chi connectivity index (χ1v) is 6.46. The molecule has 0 aromatic heterocycles. The number of carbonyl (C=O) groups excluding carboxylic acids is 1. The number of ether oxygens (including phenoxy) is 2. The molecule has 1 N–H and O–H groups in total. The molecule has 4 heteroatoms. The number of rotatable bonds is 7. The van der Waals surface area contributed by atoms with Crippen molar-refractivity contribution in [1.29, 1.82) is 0 Å². The third-order valence-electron chi connectivity index (χ3n) is 2.95. The molecular formula is C15H23NO3. The molecule has 1 aromatic rings. The van der Waals surface area contributed by atoms with E-state index in [0.717, 1.165) is 11.1 Å². The van der Waals surface area contributed by atoms with E-state index in [1.54, 1.807) is 7.11 Å². The average molecular weight is 265 g/mol. The fourth-order valence-corrected chi connectivity index (χ4v) is 1.94. The summed E-state index contributed by atoms with van der Waals surface area (Å²) >= 11 is 0. The van der Waals surface area contributed by atoms with Gasteiger partial charge in [-0.2, -0.15) is 0 Å². The summed E-state index contributed by atoms with van der Waals surface area (Å²) in [5.74, 6) is -0.0300. The molecule has 1 aromatic carbocycles. The minimum Gasteiger partial charge on any atom is -0.468 e. The van der Waals surface area contributed by atoms with E-state index in [-0.39, 0.29) is 17.9 Å². The molecule has 0 spiro atoms. The van der Waals surface area contributed by atoms with E-state index in [1.165, 1.54) is 7.11 Å². The monoisotopic (exact) mass is 265 g/mol. The second-order valence-corrected chi connectivity index (χ2v) is 4.88. The molecule has 0 saturated carbocycles. The maximum atomic E-state index is 11.6. The zero-order valence-electron chi connectivity index (χ0n) is 12.1. The summed E-state index contributed by atoms with van der Waals surface area (Å²) in [6.07, 6.45) is 0. The first kappa shape index (κ1) is 15.7. The second-order valence-electron chi connectivity index (χ2n) is 4.88. The van der Waals surface area contributed by atoms with Crippen LogP contribution in [-0.4, -0.2) is 26.2 Å². The van der Waals surface area contributed by atoms with Crippen molar-refractivity contribution in [3.05, 3.63) is 35.4 Å². The Morgan fingerprint density at radius 3 is 2.53 bits per heavy atom. The summed E-state index contributed by atoms with van der Waals surface area (Å²) in [7, 11) is 3.09. The van der Waals surface area contributed by atoms with E-state index in [0.29, 0.717) is 13.2 Å². The lowest BCUT2D eigenvalue weighted by Crippen LogP contribution is -2.41. The van der Waals surface area contributed by atoms with Crippen LogP contribution in [0.15, 0.2) is 24.3 Å². The highest BCUT2D eigenvalue weighted by molar-refractivity contribution is 5.75. The van der Waals surface area contributed by atoms with Gasteiger partial charge in [-0.3, -0.25) is 4.79 Å². The van der Waals surface area contributed by atoms with Crippen molar-refractivity contribution in [3.8, 4) is 0 Å². The number of carbonyl (C=O) groups is 1. The van der Waals surface area contributed by atoms with E-state index >= 15 is 0 Å². The van der Waals surface area contributed by atoms with Gasteiger partial charge in [-0.1, -0.05) is 38.1 Å². The van der Waals surface area contributed by atoms with Crippen LogP contribution in [0.5, 0.6) is 0 Å². The Bertz CT molecular complexity index is 404. The highest BCUT2D eigenvalue weighted by atomic mass is 16.5. The van der Waals surface area contributed by atoms with Crippen LogP contribution in [0.25, 0.3) is 0 Å². The van der Waals surface area contributed by atoms with Gasteiger partial charge in [0.2, 0.25) is 0 Å². The minimum atomic E-state index is -0.281. The lowest BCUT2D eigenvalue weighted by atomic mass is 10.0. The lowest BCUT2D eigenvalue weighted by molar-refractivity contribution is -0.144. The molecule has 0 radical (unpaired) electrons. The Balaban J connectivity index is 2.63. The zero-order chi connectivity index (χ0) is 14.3. The van der Waals surface area contributed by atoms with Gasteiger partial charge >= 0.3 is 5.97 Å². The van der Waals surface area contributed by atoms with Crippen molar-refractivity contribution in [3.63, 3.8) is 0 Å². The first-order valence-electron chi connectivity index (χ1n) is 6.46. The van der Waals surface area contributed by atoms with Gasteiger partial charge in [-0.15, -0.1) is 0 Å². The van der Waals surface area contributed by atoms with Crippen LogP contribution in [0.2, 0.25) is 0 Å². The summed E-state index contributed by atoms with van der Waals surface area (Å²) in [5, 5.41) is 3.24. The summed E-state index contributed by atoms with van der Waals surface area (Å²) < 4.78 is 9.91. The summed E-state index contributed by atoms with van der Waals surface area (Å²) in [6.45, 7) is 5.22. The molecule has 106 valence electrons. The topological polar surface area (TPSA) is 47.6 Å². The van der Waals surface area contributed by atoms with E-state index in [1.807, 2.05) is 32.0 Å². The van der Waals surface area contributed by atoms with Crippen LogP contribution in [0.4, 0.5) is 0 Å². The molecule has 19 heavy (non-hydrogen) atoms. The summed E-state index contributed by atoms with van der Waals surface area (Å²) in [5.41, 5.74) is 2.25. The quantitative estimate of drug-likeness (QED) is 0.767. The highest BCUT2D eigenvalue weighted by Gasteiger charge is 2.21. The number of benzene rings is 1. The molecule has 4 nitrogen and oxygen atoms in total. The largest absolute Gasteiger partial charge is 0.468 e. The first-order chi connectivity index (χ1) is 9.08. The fraction of sp³-hybridized carbons (Fsp3) is 0.533. The van der Waals surface area contributed by atoms with Crippen LogP contribution in [0, 0.1) is 5.92 Å². The molecular weight excluding hydrogens is 242 g/mol. The third-order valence-corrected chi connectivity index (χ3v) is 2.95. The standard InChI is InChI=1S/C15H23NO3/c1-11(2)14(15(17)19-4)16-9-12-6-5-7-13(8-12)10-18-3/h5-8,11,14,16H,9-10H2,1-4H3. The maximum absolute atomic E-state index is 11.6. The van der Waals surface area contributed by atoms with Crippen molar-refractivity contribution in [1.82, 2.24) is 5.32 Å². The van der Waals surface area contributed by atoms with Crippen molar-refractivity contribution >= 4 is 5.97 Å². The van der Waals surface area contributed by atoms with Crippen molar-refractivity contribution in [2.24, 2.45) is 5.92 Å². The molecule has 0 fully saturated rings. The number of nitrogens with one attached hydrogen (secondary N) is 1.